The van der Waals surface area contributed by atoms with Crippen molar-refractivity contribution in [2.75, 3.05) is 25.1 Å². The lowest BCUT2D eigenvalue weighted by molar-refractivity contribution is -0.385. The van der Waals surface area contributed by atoms with Crippen LogP contribution in [0.15, 0.2) is 18.2 Å². The molecule has 112 valence electrons. The zero-order valence-corrected chi connectivity index (χ0v) is 10.9. The summed E-state index contributed by atoms with van der Waals surface area (Å²) in [5.41, 5.74) is -0.466. The number of halogens is 2. The molecule has 0 amide bonds. The quantitative estimate of drug-likeness (QED) is 0.567. The Labute approximate surface area is 114 Å². The third-order valence-corrected chi connectivity index (χ3v) is 2.41. The molecule has 0 unspecified atom stereocenters. The molecule has 0 atom stereocenters. The minimum atomic E-state index is -3.35. The van der Waals surface area contributed by atoms with Gasteiger partial charge in [-0.2, -0.15) is 0 Å². The number of aliphatic hydroxyl groups excluding tert-OH is 1. The molecule has 2 N–H and O–H groups in total. The predicted molar refractivity (Wildman–Crippen MR) is 69.4 cm³/mol. The molecule has 0 aromatic heterocycles. The van der Waals surface area contributed by atoms with Crippen molar-refractivity contribution in [1.82, 2.24) is 0 Å². The van der Waals surface area contributed by atoms with Gasteiger partial charge in [0.2, 0.25) is 0 Å². The number of anilines is 1. The first-order valence-corrected chi connectivity index (χ1v) is 6.04. The van der Waals surface area contributed by atoms with Gasteiger partial charge in [-0.15, -0.1) is 0 Å². The molecule has 0 saturated carbocycles. The smallest absolute Gasteiger partial charge is 0.333 e. The summed E-state index contributed by atoms with van der Waals surface area (Å²) in [4.78, 5) is 10.4. The van der Waals surface area contributed by atoms with E-state index in [1.165, 1.54) is 18.2 Å². The third kappa shape index (κ3) is 4.30. The summed E-state index contributed by atoms with van der Waals surface area (Å²) in [6.45, 7) is -0.103. The van der Waals surface area contributed by atoms with Crippen LogP contribution in [0, 0.1) is 10.1 Å². The van der Waals surface area contributed by atoms with E-state index in [1.807, 2.05) is 6.92 Å². The van der Waals surface area contributed by atoms with Gasteiger partial charge in [0.25, 0.3) is 5.92 Å². The van der Waals surface area contributed by atoms with E-state index in [-0.39, 0.29) is 18.0 Å². The van der Waals surface area contributed by atoms with E-state index in [0.29, 0.717) is 6.42 Å². The largest absolute Gasteiger partial charge is 0.487 e. The fourth-order valence-electron chi connectivity index (χ4n) is 1.46. The maximum atomic E-state index is 13.0. The summed E-state index contributed by atoms with van der Waals surface area (Å²) in [5.74, 6) is -3.33. The van der Waals surface area contributed by atoms with Crippen molar-refractivity contribution >= 4 is 11.4 Å². The van der Waals surface area contributed by atoms with Crippen molar-refractivity contribution in [1.29, 1.82) is 0 Å². The maximum absolute atomic E-state index is 13.0. The summed E-state index contributed by atoms with van der Waals surface area (Å²) in [5, 5.41) is 21.8. The second kappa shape index (κ2) is 6.99. The van der Waals surface area contributed by atoms with Crippen molar-refractivity contribution in [2.45, 2.75) is 19.3 Å². The van der Waals surface area contributed by atoms with Crippen molar-refractivity contribution in [3.05, 3.63) is 28.3 Å². The summed E-state index contributed by atoms with van der Waals surface area (Å²) in [6.07, 6.45) is 0.664. The second-order valence-electron chi connectivity index (χ2n) is 4.13. The molecule has 0 bridgehead atoms. The van der Waals surface area contributed by atoms with E-state index in [4.69, 9.17) is 9.84 Å². The Kier molecular flexibility index (Phi) is 5.63. The molecule has 1 rings (SSSR count). The van der Waals surface area contributed by atoms with Gasteiger partial charge < -0.3 is 15.2 Å². The van der Waals surface area contributed by atoms with Crippen LogP contribution in [-0.4, -0.2) is 35.7 Å². The molecule has 0 spiro atoms. The van der Waals surface area contributed by atoms with E-state index in [0.717, 1.165) is 0 Å². The van der Waals surface area contributed by atoms with Crippen molar-refractivity contribution in [3.63, 3.8) is 0 Å². The Balaban J connectivity index is 2.97. The van der Waals surface area contributed by atoms with Gasteiger partial charge in [-0.05, 0) is 18.6 Å². The molecule has 0 aliphatic rings. The minimum Gasteiger partial charge on any atom is -0.487 e. The lowest BCUT2D eigenvalue weighted by Gasteiger charge is -2.15. The number of rotatable bonds is 8. The molecule has 0 radical (unpaired) electrons. The monoisotopic (exact) mass is 290 g/mol. The van der Waals surface area contributed by atoms with E-state index >= 15 is 0 Å². The average molecular weight is 290 g/mol. The topological polar surface area (TPSA) is 84.6 Å². The molecule has 0 saturated heterocycles. The zero-order valence-electron chi connectivity index (χ0n) is 10.9. The summed E-state index contributed by atoms with van der Waals surface area (Å²) in [7, 11) is 0. The number of nitrogens with zero attached hydrogens (tertiary/aromatic N) is 1. The fourth-order valence-corrected chi connectivity index (χ4v) is 1.46. The van der Waals surface area contributed by atoms with Crippen LogP contribution in [0.4, 0.5) is 20.2 Å². The van der Waals surface area contributed by atoms with Crippen LogP contribution >= 0.6 is 0 Å². The average Bonchev–Trinajstić information content (AvgIpc) is 2.42. The summed E-state index contributed by atoms with van der Waals surface area (Å²) in [6, 6.07) is 4.19. The number of ether oxygens (including phenoxy) is 1. The number of nitro groups is 1. The molecule has 0 heterocycles. The molecule has 1 aromatic rings. The van der Waals surface area contributed by atoms with Crippen LogP contribution < -0.4 is 10.1 Å². The number of aliphatic hydroxyl groups is 1. The highest BCUT2D eigenvalue weighted by molar-refractivity contribution is 5.68. The Bertz CT molecular complexity index is 469. The molecule has 20 heavy (non-hydrogen) atoms. The number of para-hydroxylation sites is 1. The molecule has 6 nitrogen and oxygen atoms in total. The van der Waals surface area contributed by atoms with Gasteiger partial charge in [0.05, 0.1) is 18.1 Å². The lowest BCUT2D eigenvalue weighted by atomic mass is 10.2. The van der Waals surface area contributed by atoms with Crippen molar-refractivity contribution in [2.24, 2.45) is 0 Å². The van der Waals surface area contributed by atoms with Gasteiger partial charge in [-0.25, -0.2) is 8.78 Å². The fraction of sp³-hybridized carbons (Fsp3) is 0.500. The molecule has 0 fully saturated rings. The van der Waals surface area contributed by atoms with Crippen LogP contribution in [0.5, 0.6) is 5.75 Å². The Morgan fingerprint density at radius 2 is 2.20 bits per heavy atom. The minimum absolute atomic E-state index is 0.0224. The summed E-state index contributed by atoms with van der Waals surface area (Å²) >= 11 is 0. The van der Waals surface area contributed by atoms with Crippen LogP contribution in [0.25, 0.3) is 0 Å². The number of benzene rings is 1. The van der Waals surface area contributed by atoms with Crippen LogP contribution in [0.1, 0.15) is 13.3 Å². The lowest BCUT2D eigenvalue weighted by Crippen LogP contribution is -2.31. The highest BCUT2D eigenvalue weighted by atomic mass is 19.3. The first kappa shape index (κ1) is 16.1. The number of nitro benzene ring substituents is 1. The molecular formula is C12H16F2N2O4. The molecule has 0 aliphatic carbocycles. The first-order chi connectivity index (χ1) is 9.41. The van der Waals surface area contributed by atoms with E-state index in [9.17, 15) is 18.9 Å². The zero-order chi connectivity index (χ0) is 15.2. The number of alkyl halides is 2. The first-order valence-electron chi connectivity index (χ1n) is 6.04. The van der Waals surface area contributed by atoms with E-state index < -0.39 is 29.7 Å². The standard InChI is InChI=1S/C12H16F2N2O4/c1-2-6-20-10-5-3-4-9(11(10)16(18)19)15-7-12(13,14)8-17/h3-5,15,17H,2,6-8H2,1H3. The van der Waals surface area contributed by atoms with Gasteiger partial charge in [-0.1, -0.05) is 13.0 Å². The number of hydrogen-bond donors (Lipinski definition) is 2. The highest BCUT2D eigenvalue weighted by Crippen LogP contribution is 2.35. The summed E-state index contributed by atoms with van der Waals surface area (Å²) < 4.78 is 31.1. The Hall–Kier alpha value is -1.96. The SMILES string of the molecule is CCCOc1cccc(NCC(F)(F)CO)c1[N+](=O)[O-]. The Morgan fingerprint density at radius 1 is 1.50 bits per heavy atom. The van der Waals surface area contributed by atoms with Crippen LogP contribution in [0.2, 0.25) is 0 Å². The van der Waals surface area contributed by atoms with Gasteiger partial charge in [0.15, 0.2) is 5.75 Å². The molecule has 1 aromatic carbocycles. The van der Waals surface area contributed by atoms with Gasteiger partial charge in [0, 0.05) is 0 Å². The molecule has 0 aliphatic heterocycles. The highest BCUT2D eigenvalue weighted by Gasteiger charge is 2.29. The van der Waals surface area contributed by atoms with E-state index in [1.54, 1.807) is 0 Å². The van der Waals surface area contributed by atoms with Crippen molar-refractivity contribution < 1.29 is 23.5 Å². The normalized spacial score (nSPS) is 11.2. The van der Waals surface area contributed by atoms with Crippen LogP contribution in [0.3, 0.4) is 0 Å². The predicted octanol–water partition coefficient (Wildman–Crippen LogP) is 2.42. The van der Waals surface area contributed by atoms with Crippen molar-refractivity contribution in [3.8, 4) is 5.75 Å². The van der Waals surface area contributed by atoms with Gasteiger partial charge in [-0.3, -0.25) is 10.1 Å². The van der Waals surface area contributed by atoms with E-state index in [2.05, 4.69) is 5.32 Å². The van der Waals surface area contributed by atoms with Gasteiger partial charge >= 0.3 is 5.69 Å². The molecule has 8 heteroatoms. The van der Waals surface area contributed by atoms with Crippen LogP contribution in [-0.2, 0) is 0 Å². The molecular weight excluding hydrogens is 274 g/mol. The maximum Gasteiger partial charge on any atom is 0.333 e. The number of hydrogen-bond acceptors (Lipinski definition) is 5. The Morgan fingerprint density at radius 3 is 2.75 bits per heavy atom. The van der Waals surface area contributed by atoms with Gasteiger partial charge in [0.1, 0.15) is 12.3 Å². The second-order valence-corrected chi connectivity index (χ2v) is 4.13. The third-order valence-electron chi connectivity index (χ3n) is 2.41. The number of nitrogens with one attached hydrogen (secondary N) is 1.